The van der Waals surface area contributed by atoms with E-state index in [1.807, 2.05) is 38.1 Å². The van der Waals surface area contributed by atoms with Crippen LogP contribution in [0.15, 0.2) is 35.3 Å². The molecule has 2 heterocycles. The van der Waals surface area contributed by atoms with Crippen molar-refractivity contribution in [2.75, 3.05) is 0 Å². The zero-order valence-corrected chi connectivity index (χ0v) is 18.0. The SMILES string of the molecule is CCCn1c(-c2c[nH]c(=O)c(C)c2)nc2cc(CNC(CC(C)C)C(=O)O)ccc21. The first kappa shape index (κ1) is 21.8. The number of aromatic amines is 1. The number of aliphatic carboxylic acids is 1. The molecule has 1 aromatic carbocycles. The van der Waals surface area contributed by atoms with Crippen LogP contribution in [-0.2, 0) is 17.9 Å². The van der Waals surface area contributed by atoms with Gasteiger partial charge in [0.25, 0.3) is 5.56 Å². The van der Waals surface area contributed by atoms with Gasteiger partial charge in [0.15, 0.2) is 0 Å². The van der Waals surface area contributed by atoms with Crippen LogP contribution in [0.5, 0.6) is 0 Å². The minimum atomic E-state index is -0.826. The van der Waals surface area contributed by atoms with Crippen molar-refractivity contribution in [3.63, 3.8) is 0 Å². The fraction of sp³-hybridized carbons (Fsp3) is 0.435. The van der Waals surface area contributed by atoms with Gasteiger partial charge in [-0.25, -0.2) is 4.98 Å². The number of imidazole rings is 1. The highest BCUT2D eigenvalue weighted by molar-refractivity contribution is 5.81. The summed E-state index contributed by atoms with van der Waals surface area (Å²) in [5, 5.41) is 12.6. The number of hydrogen-bond donors (Lipinski definition) is 3. The minimum Gasteiger partial charge on any atom is -0.480 e. The number of carboxylic acids is 1. The lowest BCUT2D eigenvalue weighted by Gasteiger charge is -2.16. The first-order valence-electron chi connectivity index (χ1n) is 10.4. The summed E-state index contributed by atoms with van der Waals surface area (Å²) in [4.78, 5) is 30.8. The number of nitrogens with zero attached hydrogens (tertiary/aromatic N) is 2. The lowest BCUT2D eigenvalue weighted by atomic mass is 10.0. The molecule has 7 nitrogen and oxygen atoms in total. The van der Waals surface area contributed by atoms with E-state index in [4.69, 9.17) is 4.98 Å². The van der Waals surface area contributed by atoms with E-state index in [0.717, 1.165) is 41.0 Å². The standard InChI is InChI=1S/C23H30N4O3/c1-5-8-27-20-7-6-16(12-24-19(23(29)30)9-14(2)3)11-18(20)26-21(27)17-10-15(4)22(28)25-13-17/h6-7,10-11,13-14,19,24H,5,8-9,12H2,1-4H3,(H,25,28)(H,29,30). The van der Waals surface area contributed by atoms with Crippen LogP contribution in [0.2, 0.25) is 0 Å². The van der Waals surface area contributed by atoms with Crippen molar-refractivity contribution >= 4 is 17.0 Å². The molecule has 1 unspecified atom stereocenters. The molecule has 160 valence electrons. The summed E-state index contributed by atoms with van der Waals surface area (Å²) in [5.74, 6) is 0.293. The first-order chi connectivity index (χ1) is 14.3. The zero-order valence-electron chi connectivity index (χ0n) is 18.0. The topological polar surface area (TPSA) is 100 Å². The van der Waals surface area contributed by atoms with Crippen LogP contribution in [0.3, 0.4) is 0 Å². The van der Waals surface area contributed by atoms with Crippen LogP contribution in [0.25, 0.3) is 22.4 Å². The second-order valence-electron chi connectivity index (χ2n) is 8.21. The van der Waals surface area contributed by atoms with E-state index in [0.29, 0.717) is 24.4 Å². The van der Waals surface area contributed by atoms with E-state index in [1.54, 1.807) is 13.1 Å². The predicted molar refractivity (Wildman–Crippen MR) is 119 cm³/mol. The van der Waals surface area contributed by atoms with Crippen molar-refractivity contribution in [2.24, 2.45) is 5.92 Å². The van der Waals surface area contributed by atoms with Crippen LogP contribution in [0.1, 0.15) is 44.7 Å². The van der Waals surface area contributed by atoms with E-state index in [9.17, 15) is 14.7 Å². The molecule has 0 aliphatic heterocycles. The summed E-state index contributed by atoms with van der Waals surface area (Å²) in [7, 11) is 0. The number of benzene rings is 1. The Hall–Kier alpha value is -2.93. The van der Waals surface area contributed by atoms with Crippen molar-refractivity contribution < 1.29 is 9.90 Å². The summed E-state index contributed by atoms with van der Waals surface area (Å²) >= 11 is 0. The Bertz CT molecular complexity index is 1100. The van der Waals surface area contributed by atoms with Crippen molar-refractivity contribution in [2.45, 2.75) is 59.7 Å². The summed E-state index contributed by atoms with van der Waals surface area (Å²) in [6, 6.07) is 7.34. The van der Waals surface area contributed by atoms with Gasteiger partial charge < -0.3 is 20.0 Å². The fourth-order valence-electron chi connectivity index (χ4n) is 3.67. The number of H-pyrrole nitrogens is 1. The molecular formula is C23H30N4O3. The number of hydrogen-bond acceptors (Lipinski definition) is 4. The van der Waals surface area contributed by atoms with Gasteiger partial charge in [-0.3, -0.25) is 9.59 Å². The molecule has 0 saturated carbocycles. The molecule has 3 N–H and O–H groups in total. The molecule has 1 atom stereocenters. The number of carboxylic acid groups (broad SMARTS) is 1. The van der Waals surface area contributed by atoms with Crippen LogP contribution in [-0.4, -0.2) is 31.7 Å². The monoisotopic (exact) mass is 410 g/mol. The van der Waals surface area contributed by atoms with E-state index < -0.39 is 12.0 Å². The summed E-state index contributed by atoms with van der Waals surface area (Å²) in [5.41, 5.74) is 4.30. The van der Waals surface area contributed by atoms with Gasteiger partial charge in [0.05, 0.1) is 11.0 Å². The average molecular weight is 411 g/mol. The number of rotatable bonds is 9. The second kappa shape index (κ2) is 9.26. The predicted octanol–water partition coefficient (Wildman–Crippen LogP) is 3.70. The van der Waals surface area contributed by atoms with Crippen molar-refractivity contribution in [1.82, 2.24) is 19.9 Å². The van der Waals surface area contributed by atoms with E-state index >= 15 is 0 Å². The number of pyridine rings is 1. The Kier molecular flexibility index (Phi) is 6.72. The molecule has 0 saturated heterocycles. The quantitative estimate of drug-likeness (QED) is 0.499. The molecule has 0 fully saturated rings. The molecule has 0 radical (unpaired) electrons. The third kappa shape index (κ3) is 4.79. The van der Waals surface area contributed by atoms with Gasteiger partial charge in [-0.15, -0.1) is 0 Å². The van der Waals surface area contributed by atoms with Crippen molar-refractivity contribution in [1.29, 1.82) is 0 Å². The highest BCUT2D eigenvalue weighted by Crippen LogP contribution is 2.26. The van der Waals surface area contributed by atoms with Crippen LogP contribution >= 0.6 is 0 Å². The number of aromatic nitrogens is 3. The van der Waals surface area contributed by atoms with Gasteiger partial charge in [-0.2, -0.15) is 0 Å². The third-order valence-corrected chi connectivity index (χ3v) is 5.16. The number of aryl methyl sites for hydroxylation is 2. The van der Waals surface area contributed by atoms with Gasteiger partial charge in [0.1, 0.15) is 11.9 Å². The Morgan fingerprint density at radius 3 is 2.70 bits per heavy atom. The molecule has 3 aromatic rings. The molecule has 0 spiro atoms. The van der Waals surface area contributed by atoms with Crippen molar-refractivity contribution in [3.8, 4) is 11.4 Å². The fourth-order valence-corrected chi connectivity index (χ4v) is 3.67. The Morgan fingerprint density at radius 1 is 1.30 bits per heavy atom. The third-order valence-electron chi connectivity index (χ3n) is 5.16. The van der Waals surface area contributed by atoms with Crippen molar-refractivity contribution in [3.05, 3.63) is 51.9 Å². The van der Waals surface area contributed by atoms with Gasteiger partial charge in [0, 0.05) is 30.4 Å². The summed E-state index contributed by atoms with van der Waals surface area (Å²) in [6.45, 7) is 9.22. The smallest absolute Gasteiger partial charge is 0.320 e. The molecule has 3 rings (SSSR count). The molecule has 0 aliphatic carbocycles. The Labute approximate surface area is 176 Å². The van der Waals surface area contributed by atoms with Crippen LogP contribution in [0.4, 0.5) is 0 Å². The number of carbonyl (C=O) groups is 1. The van der Waals surface area contributed by atoms with E-state index in [1.165, 1.54) is 0 Å². The molecular weight excluding hydrogens is 380 g/mol. The van der Waals surface area contributed by atoms with E-state index in [-0.39, 0.29) is 5.56 Å². The highest BCUT2D eigenvalue weighted by atomic mass is 16.4. The van der Waals surface area contributed by atoms with Gasteiger partial charge in [-0.05, 0) is 49.4 Å². The maximum absolute atomic E-state index is 11.7. The lowest BCUT2D eigenvalue weighted by Crippen LogP contribution is -2.37. The molecule has 30 heavy (non-hydrogen) atoms. The Balaban J connectivity index is 1.93. The highest BCUT2D eigenvalue weighted by Gasteiger charge is 2.19. The summed E-state index contributed by atoms with van der Waals surface area (Å²) < 4.78 is 2.17. The van der Waals surface area contributed by atoms with Crippen LogP contribution in [0, 0.1) is 12.8 Å². The molecule has 2 aromatic heterocycles. The molecule has 0 amide bonds. The molecule has 7 heteroatoms. The normalized spacial score (nSPS) is 12.6. The Morgan fingerprint density at radius 2 is 2.07 bits per heavy atom. The largest absolute Gasteiger partial charge is 0.480 e. The zero-order chi connectivity index (χ0) is 21.8. The number of fused-ring (bicyclic) bond motifs is 1. The van der Waals surface area contributed by atoms with Crippen LogP contribution < -0.4 is 10.9 Å². The average Bonchev–Trinajstić information content (AvgIpc) is 3.05. The molecule has 0 aliphatic rings. The lowest BCUT2D eigenvalue weighted by molar-refractivity contribution is -0.140. The number of nitrogens with one attached hydrogen (secondary N) is 2. The summed E-state index contributed by atoms with van der Waals surface area (Å²) in [6.07, 6.45) is 3.24. The van der Waals surface area contributed by atoms with Gasteiger partial charge in [0.2, 0.25) is 0 Å². The maximum atomic E-state index is 11.7. The minimum absolute atomic E-state index is 0.0976. The van der Waals surface area contributed by atoms with Gasteiger partial charge in [-0.1, -0.05) is 26.8 Å². The van der Waals surface area contributed by atoms with Gasteiger partial charge >= 0.3 is 5.97 Å². The molecule has 0 bridgehead atoms. The van der Waals surface area contributed by atoms with E-state index in [2.05, 4.69) is 21.8 Å². The maximum Gasteiger partial charge on any atom is 0.320 e. The first-order valence-corrected chi connectivity index (χ1v) is 10.4. The second-order valence-corrected chi connectivity index (χ2v) is 8.21.